The van der Waals surface area contributed by atoms with Crippen LogP contribution in [0.3, 0.4) is 0 Å². The monoisotopic (exact) mass is 461 g/mol. The highest BCUT2D eigenvalue weighted by molar-refractivity contribution is 9.25. The van der Waals surface area contributed by atoms with Crippen LogP contribution in [0.1, 0.15) is 53.9 Å². The van der Waals surface area contributed by atoms with Crippen molar-refractivity contribution >= 4 is 38.0 Å². The fourth-order valence-corrected chi connectivity index (χ4v) is 8.79. The first-order valence-corrected chi connectivity index (χ1v) is 10.9. The zero-order valence-corrected chi connectivity index (χ0v) is 18.5. The maximum absolute atomic E-state index is 12.9. The van der Waals surface area contributed by atoms with Gasteiger partial charge in [0.25, 0.3) is 0 Å². The number of hydrogen-bond acceptors (Lipinski definition) is 2. The lowest BCUT2D eigenvalue weighted by molar-refractivity contribution is -0.0775. The Morgan fingerprint density at radius 2 is 1.83 bits per heavy atom. The van der Waals surface area contributed by atoms with Crippen LogP contribution in [0.2, 0.25) is 0 Å². The van der Waals surface area contributed by atoms with Gasteiger partial charge < -0.3 is 9.64 Å². The Hall–Kier alpha value is 0.230. The standard InChI is InChI=1S/C19H29Br2NO2/c1-10-6-13-12-8-11(18(5)15(13)19(18,20)21)9-22(14(12)7-10)16(23)24-17(2,3)4/h10-15H,6-9H2,1-5H3/t10-,11-,12-,13-,14+,15?,18?/m1/s1. The average Bonchev–Trinajstić information content (AvgIpc) is 2.90. The Kier molecular flexibility index (Phi) is 3.78. The van der Waals surface area contributed by atoms with Gasteiger partial charge in [-0.15, -0.1) is 0 Å². The van der Waals surface area contributed by atoms with Crippen LogP contribution in [0.5, 0.6) is 0 Å². The number of carbonyl (C=O) groups excluding carboxylic acids is 1. The molecule has 1 amide bonds. The van der Waals surface area contributed by atoms with Gasteiger partial charge in [0.2, 0.25) is 0 Å². The molecule has 24 heavy (non-hydrogen) atoms. The number of piperidine rings is 1. The van der Waals surface area contributed by atoms with Crippen molar-refractivity contribution in [2.45, 2.75) is 68.8 Å². The predicted molar refractivity (Wildman–Crippen MR) is 102 cm³/mol. The van der Waals surface area contributed by atoms with E-state index in [1.165, 1.54) is 12.8 Å². The molecular formula is C19H29Br2NO2. The lowest BCUT2D eigenvalue weighted by atomic mass is 9.57. The predicted octanol–water partition coefficient (Wildman–Crippen LogP) is 5.41. The average molecular weight is 463 g/mol. The van der Waals surface area contributed by atoms with Crippen molar-refractivity contribution in [2.75, 3.05) is 6.54 Å². The second-order valence-electron chi connectivity index (χ2n) is 9.92. The quantitative estimate of drug-likeness (QED) is 0.450. The minimum Gasteiger partial charge on any atom is -0.444 e. The summed E-state index contributed by atoms with van der Waals surface area (Å²) in [6.07, 6.45) is 3.60. The Balaban J connectivity index is 1.67. The Morgan fingerprint density at radius 1 is 1.17 bits per heavy atom. The van der Waals surface area contributed by atoms with E-state index in [-0.39, 0.29) is 14.7 Å². The number of amides is 1. The molecule has 4 aliphatic rings. The minimum atomic E-state index is -0.427. The maximum Gasteiger partial charge on any atom is 0.410 e. The van der Waals surface area contributed by atoms with Crippen molar-refractivity contribution in [1.82, 2.24) is 4.90 Å². The third-order valence-corrected chi connectivity index (χ3v) is 10.0. The highest BCUT2D eigenvalue weighted by Crippen LogP contribution is 2.82. The molecule has 0 spiro atoms. The molecule has 0 radical (unpaired) electrons. The number of fused-ring (bicyclic) bond motifs is 4. The van der Waals surface area contributed by atoms with E-state index in [9.17, 15) is 4.79 Å². The van der Waals surface area contributed by atoms with Crippen LogP contribution >= 0.6 is 31.9 Å². The molecule has 1 aliphatic heterocycles. The molecule has 3 aliphatic carbocycles. The van der Waals surface area contributed by atoms with Gasteiger partial charge in [-0.25, -0.2) is 4.79 Å². The molecule has 5 heteroatoms. The van der Waals surface area contributed by atoms with E-state index < -0.39 is 5.60 Å². The second-order valence-corrected chi connectivity index (χ2v) is 13.5. The molecular weight excluding hydrogens is 434 g/mol. The smallest absolute Gasteiger partial charge is 0.410 e. The van der Waals surface area contributed by atoms with E-state index in [0.29, 0.717) is 35.6 Å². The number of ether oxygens (including phenoxy) is 1. The molecule has 1 saturated heterocycles. The Bertz CT molecular complexity index is 572. The van der Waals surface area contributed by atoms with Crippen molar-refractivity contribution in [3.05, 3.63) is 0 Å². The van der Waals surface area contributed by atoms with Crippen LogP contribution in [-0.4, -0.2) is 32.4 Å². The van der Waals surface area contributed by atoms with Crippen LogP contribution in [0.25, 0.3) is 0 Å². The molecule has 0 aromatic carbocycles. The largest absolute Gasteiger partial charge is 0.444 e. The molecule has 0 aromatic heterocycles. The van der Waals surface area contributed by atoms with Gasteiger partial charge in [0.1, 0.15) is 5.60 Å². The lowest BCUT2D eigenvalue weighted by Crippen LogP contribution is -2.60. The summed E-state index contributed by atoms with van der Waals surface area (Å²) in [4.78, 5) is 15.0. The van der Waals surface area contributed by atoms with E-state index in [1.54, 1.807) is 0 Å². The fraction of sp³-hybridized carbons (Fsp3) is 0.947. The summed E-state index contributed by atoms with van der Waals surface area (Å²) in [6.45, 7) is 11.5. The summed E-state index contributed by atoms with van der Waals surface area (Å²) in [7, 11) is 0. The first-order chi connectivity index (χ1) is 11.0. The van der Waals surface area contributed by atoms with Crippen LogP contribution in [0.4, 0.5) is 4.79 Å². The third kappa shape index (κ3) is 2.28. The molecule has 136 valence electrons. The second kappa shape index (κ2) is 5.15. The number of halogens is 2. The first kappa shape index (κ1) is 17.6. The van der Waals surface area contributed by atoms with Gasteiger partial charge in [-0.2, -0.15) is 0 Å². The van der Waals surface area contributed by atoms with Crippen LogP contribution in [-0.2, 0) is 4.74 Å². The van der Waals surface area contributed by atoms with E-state index in [2.05, 4.69) is 50.6 Å². The van der Waals surface area contributed by atoms with Crippen molar-refractivity contribution < 1.29 is 9.53 Å². The number of likely N-dealkylation sites (tertiary alicyclic amines) is 1. The fourth-order valence-electron chi connectivity index (χ4n) is 6.25. The number of alkyl halides is 2. The van der Waals surface area contributed by atoms with Crippen LogP contribution in [0, 0.1) is 35.0 Å². The SMILES string of the molecule is C[C@@H]1C[C@H]2C3C(Br)(Br)C3(C)[C@@H]3C[C@H]2[C@H](C1)N(C(=O)OC(C)(C)C)C3. The summed E-state index contributed by atoms with van der Waals surface area (Å²) in [5.41, 5.74) is -0.180. The van der Waals surface area contributed by atoms with Crippen molar-refractivity contribution in [2.24, 2.45) is 35.0 Å². The first-order valence-electron chi connectivity index (χ1n) is 9.34. The zero-order valence-electron chi connectivity index (χ0n) is 15.3. The summed E-state index contributed by atoms with van der Waals surface area (Å²) in [6, 6.07) is 0.366. The van der Waals surface area contributed by atoms with Gasteiger partial charge in [0, 0.05) is 18.0 Å². The van der Waals surface area contributed by atoms with Gasteiger partial charge in [-0.3, -0.25) is 0 Å². The highest BCUT2D eigenvalue weighted by Gasteiger charge is 2.80. The zero-order chi connectivity index (χ0) is 17.7. The van der Waals surface area contributed by atoms with E-state index in [4.69, 9.17) is 4.74 Å². The summed E-state index contributed by atoms with van der Waals surface area (Å²) >= 11 is 8.01. The Labute approximate surface area is 162 Å². The van der Waals surface area contributed by atoms with Gasteiger partial charge in [-0.05, 0) is 69.6 Å². The molecule has 2 unspecified atom stereocenters. The minimum absolute atomic E-state index is 0.0582. The van der Waals surface area contributed by atoms with E-state index in [0.717, 1.165) is 13.0 Å². The molecule has 3 nitrogen and oxygen atoms in total. The van der Waals surface area contributed by atoms with Crippen LogP contribution in [0.15, 0.2) is 0 Å². The molecule has 7 atom stereocenters. The summed E-state index contributed by atoms with van der Waals surface area (Å²) in [5.74, 6) is 3.28. The summed E-state index contributed by atoms with van der Waals surface area (Å²) in [5, 5.41) is 0. The molecule has 3 saturated carbocycles. The van der Waals surface area contributed by atoms with Gasteiger partial charge in [-0.1, -0.05) is 45.7 Å². The van der Waals surface area contributed by atoms with E-state index >= 15 is 0 Å². The number of carbonyl (C=O) groups is 1. The number of nitrogens with zero attached hydrogens (tertiary/aromatic N) is 1. The highest BCUT2D eigenvalue weighted by atomic mass is 79.9. The lowest BCUT2D eigenvalue weighted by Gasteiger charge is -2.56. The van der Waals surface area contributed by atoms with E-state index in [1.807, 2.05) is 20.8 Å². The van der Waals surface area contributed by atoms with Gasteiger partial charge in [0.15, 0.2) is 0 Å². The molecule has 4 fully saturated rings. The van der Waals surface area contributed by atoms with Crippen molar-refractivity contribution in [3.63, 3.8) is 0 Å². The number of hydrogen-bond donors (Lipinski definition) is 0. The van der Waals surface area contributed by atoms with Crippen LogP contribution < -0.4 is 0 Å². The molecule has 0 aromatic rings. The van der Waals surface area contributed by atoms with Crippen molar-refractivity contribution in [1.29, 1.82) is 0 Å². The maximum atomic E-state index is 12.9. The molecule has 2 bridgehead atoms. The Morgan fingerprint density at radius 3 is 2.46 bits per heavy atom. The summed E-state index contributed by atoms with van der Waals surface area (Å²) < 4.78 is 5.82. The van der Waals surface area contributed by atoms with Gasteiger partial charge >= 0.3 is 6.09 Å². The molecule has 0 N–H and O–H groups in total. The van der Waals surface area contributed by atoms with Gasteiger partial charge in [0.05, 0.1) is 3.23 Å². The molecule has 4 rings (SSSR count). The number of rotatable bonds is 0. The normalized spacial score (nSPS) is 48.5. The topological polar surface area (TPSA) is 29.5 Å². The molecule has 1 heterocycles. The third-order valence-electron chi connectivity index (χ3n) is 7.31. The van der Waals surface area contributed by atoms with Crippen molar-refractivity contribution in [3.8, 4) is 0 Å².